The van der Waals surface area contributed by atoms with Gasteiger partial charge in [0.05, 0.1) is 12.8 Å². The van der Waals surface area contributed by atoms with Crippen LogP contribution < -0.4 is 14.2 Å². The summed E-state index contributed by atoms with van der Waals surface area (Å²) in [6.07, 6.45) is 3.94. The zero-order valence-corrected chi connectivity index (χ0v) is 19.4. The van der Waals surface area contributed by atoms with Gasteiger partial charge in [0.2, 0.25) is 0 Å². The zero-order valence-electron chi connectivity index (χ0n) is 18.6. The monoisotopic (exact) mass is 470 g/mol. The molecule has 0 radical (unpaired) electrons. The van der Waals surface area contributed by atoms with Crippen molar-refractivity contribution in [3.63, 3.8) is 0 Å². The third-order valence-corrected chi connectivity index (χ3v) is 5.70. The first kappa shape index (κ1) is 21.9. The molecule has 0 fully saturated rings. The second kappa shape index (κ2) is 9.89. The van der Waals surface area contributed by atoms with Crippen LogP contribution in [0.1, 0.15) is 11.1 Å². The van der Waals surface area contributed by atoms with Crippen molar-refractivity contribution in [3.05, 3.63) is 113 Å². The SMILES string of the molecule is COc1cc(-c2cn3cccc(OCc4ccccc4)c3n2)ccc1OCc1ccc(Cl)cc1. The Labute approximate surface area is 203 Å². The van der Waals surface area contributed by atoms with E-state index in [-0.39, 0.29) is 0 Å². The van der Waals surface area contributed by atoms with E-state index in [2.05, 4.69) is 0 Å². The molecule has 0 saturated carbocycles. The van der Waals surface area contributed by atoms with Crippen LogP contribution in [0.5, 0.6) is 17.2 Å². The third-order valence-electron chi connectivity index (χ3n) is 5.45. The fraction of sp³-hybridized carbons (Fsp3) is 0.107. The number of methoxy groups -OCH3 is 1. The Morgan fingerprint density at radius 3 is 2.26 bits per heavy atom. The van der Waals surface area contributed by atoms with E-state index in [1.165, 1.54) is 0 Å². The lowest BCUT2D eigenvalue weighted by Gasteiger charge is -2.12. The molecule has 0 N–H and O–H groups in total. The maximum absolute atomic E-state index is 6.06. The molecule has 34 heavy (non-hydrogen) atoms. The summed E-state index contributed by atoms with van der Waals surface area (Å²) in [7, 11) is 1.63. The van der Waals surface area contributed by atoms with Gasteiger partial charge in [0, 0.05) is 23.0 Å². The first-order chi connectivity index (χ1) is 16.7. The largest absolute Gasteiger partial charge is 0.493 e. The van der Waals surface area contributed by atoms with E-state index in [1.54, 1.807) is 7.11 Å². The van der Waals surface area contributed by atoms with Gasteiger partial charge in [-0.05, 0) is 53.6 Å². The van der Waals surface area contributed by atoms with Crippen molar-refractivity contribution in [1.29, 1.82) is 0 Å². The van der Waals surface area contributed by atoms with E-state index in [0.717, 1.165) is 33.8 Å². The summed E-state index contributed by atoms with van der Waals surface area (Å²) in [4.78, 5) is 4.83. The van der Waals surface area contributed by atoms with Gasteiger partial charge in [0.25, 0.3) is 0 Å². The first-order valence-corrected chi connectivity index (χ1v) is 11.3. The van der Waals surface area contributed by atoms with E-state index in [9.17, 15) is 0 Å². The highest BCUT2D eigenvalue weighted by atomic mass is 35.5. The molecule has 3 aromatic carbocycles. The van der Waals surface area contributed by atoms with Crippen molar-refractivity contribution < 1.29 is 14.2 Å². The molecule has 170 valence electrons. The minimum atomic E-state index is 0.420. The molecular weight excluding hydrogens is 448 g/mol. The van der Waals surface area contributed by atoms with Gasteiger partial charge in [-0.1, -0.05) is 54.1 Å². The van der Waals surface area contributed by atoms with Crippen LogP contribution in [0.2, 0.25) is 5.02 Å². The molecule has 2 heterocycles. The number of aromatic nitrogens is 2. The van der Waals surface area contributed by atoms with Crippen LogP contribution in [0, 0.1) is 0 Å². The number of benzene rings is 3. The van der Waals surface area contributed by atoms with Crippen molar-refractivity contribution in [2.45, 2.75) is 13.2 Å². The molecule has 6 heteroatoms. The Hall–Kier alpha value is -3.96. The van der Waals surface area contributed by atoms with Gasteiger partial charge in [0.15, 0.2) is 22.9 Å². The van der Waals surface area contributed by atoms with Crippen molar-refractivity contribution in [3.8, 4) is 28.5 Å². The Balaban J connectivity index is 1.36. The van der Waals surface area contributed by atoms with Gasteiger partial charge in [0.1, 0.15) is 13.2 Å². The summed E-state index contributed by atoms with van der Waals surface area (Å²) in [5, 5.41) is 0.701. The lowest BCUT2D eigenvalue weighted by atomic mass is 10.1. The molecule has 0 amide bonds. The predicted octanol–water partition coefficient (Wildman–Crippen LogP) is 6.82. The maximum atomic E-state index is 6.06. The van der Waals surface area contributed by atoms with Crippen molar-refractivity contribution in [2.24, 2.45) is 0 Å². The number of hydrogen-bond acceptors (Lipinski definition) is 4. The average Bonchev–Trinajstić information content (AvgIpc) is 3.33. The van der Waals surface area contributed by atoms with Gasteiger partial charge in [-0.3, -0.25) is 0 Å². The minimum absolute atomic E-state index is 0.420. The number of nitrogens with zero attached hydrogens (tertiary/aromatic N) is 2. The van der Waals surface area contributed by atoms with Gasteiger partial charge < -0.3 is 18.6 Å². The quantitative estimate of drug-likeness (QED) is 0.249. The Bertz CT molecular complexity index is 1400. The van der Waals surface area contributed by atoms with Gasteiger partial charge in [-0.2, -0.15) is 0 Å². The molecule has 0 saturated heterocycles. The summed E-state index contributed by atoms with van der Waals surface area (Å²) >= 11 is 5.96. The van der Waals surface area contributed by atoms with Crippen LogP contribution in [0.3, 0.4) is 0 Å². The van der Waals surface area contributed by atoms with Crippen LogP contribution in [0.25, 0.3) is 16.9 Å². The fourth-order valence-corrected chi connectivity index (χ4v) is 3.79. The molecule has 0 bridgehead atoms. The molecule has 0 aliphatic heterocycles. The van der Waals surface area contributed by atoms with Crippen molar-refractivity contribution >= 4 is 17.2 Å². The lowest BCUT2D eigenvalue weighted by molar-refractivity contribution is 0.284. The molecule has 0 aliphatic rings. The number of pyridine rings is 1. The van der Waals surface area contributed by atoms with E-state index in [4.69, 9.17) is 30.8 Å². The number of rotatable bonds is 8. The van der Waals surface area contributed by atoms with Crippen LogP contribution >= 0.6 is 11.6 Å². The summed E-state index contributed by atoms with van der Waals surface area (Å²) in [5.74, 6) is 2.04. The fourth-order valence-electron chi connectivity index (χ4n) is 3.66. The average molecular weight is 471 g/mol. The van der Waals surface area contributed by atoms with E-state index >= 15 is 0 Å². The van der Waals surface area contributed by atoms with Gasteiger partial charge in [-0.15, -0.1) is 0 Å². The summed E-state index contributed by atoms with van der Waals surface area (Å²) in [6.45, 7) is 0.902. The molecule has 0 aliphatic carbocycles. The number of fused-ring (bicyclic) bond motifs is 1. The first-order valence-electron chi connectivity index (χ1n) is 10.9. The second-order valence-electron chi connectivity index (χ2n) is 7.78. The molecule has 0 unspecified atom stereocenters. The molecular formula is C28H23ClN2O3. The summed E-state index contributed by atoms with van der Waals surface area (Å²) in [6, 6.07) is 27.4. The number of halogens is 1. The number of ether oxygens (including phenoxy) is 3. The van der Waals surface area contributed by atoms with Crippen LogP contribution in [0.4, 0.5) is 0 Å². The third kappa shape index (κ3) is 4.85. The van der Waals surface area contributed by atoms with E-state index in [1.807, 2.05) is 102 Å². The Morgan fingerprint density at radius 1 is 0.765 bits per heavy atom. The van der Waals surface area contributed by atoms with Crippen molar-refractivity contribution in [1.82, 2.24) is 9.38 Å². The molecule has 0 atom stereocenters. The maximum Gasteiger partial charge on any atom is 0.180 e. The standard InChI is InChI=1S/C28H23ClN2O3/c1-32-27-16-22(11-14-25(27)33-19-21-9-12-23(29)13-10-21)24-17-31-15-5-8-26(28(31)30-24)34-18-20-6-3-2-4-7-20/h2-17H,18-19H2,1H3. The molecule has 2 aromatic heterocycles. The second-order valence-corrected chi connectivity index (χ2v) is 8.22. The predicted molar refractivity (Wildman–Crippen MR) is 134 cm³/mol. The van der Waals surface area contributed by atoms with Gasteiger partial charge in [-0.25, -0.2) is 4.98 Å². The van der Waals surface area contributed by atoms with E-state index < -0.39 is 0 Å². The van der Waals surface area contributed by atoms with E-state index in [0.29, 0.717) is 29.7 Å². The minimum Gasteiger partial charge on any atom is -0.493 e. The van der Waals surface area contributed by atoms with Crippen LogP contribution in [-0.4, -0.2) is 16.5 Å². The number of hydrogen-bond donors (Lipinski definition) is 0. The topological polar surface area (TPSA) is 45.0 Å². The molecule has 5 nitrogen and oxygen atoms in total. The van der Waals surface area contributed by atoms with Crippen LogP contribution in [-0.2, 0) is 13.2 Å². The normalized spacial score (nSPS) is 10.9. The van der Waals surface area contributed by atoms with Crippen molar-refractivity contribution in [2.75, 3.05) is 7.11 Å². The highest BCUT2D eigenvalue weighted by molar-refractivity contribution is 6.30. The highest BCUT2D eigenvalue weighted by Crippen LogP contribution is 2.34. The Morgan fingerprint density at radius 2 is 1.50 bits per heavy atom. The van der Waals surface area contributed by atoms with Gasteiger partial charge >= 0.3 is 0 Å². The zero-order chi connectivity index (χ0) is 23.3. The summed E-state index contributed by atoms with van der Waals surface area (Å²) < 4.78 is 19.6. The summed E-state index contributed by atoms with van der Waals surface area (Å²) in [5.41, 5.74) is 4.64. The van der Waals surface area contributed by atoms with Crippen LogP contribution in [0.15, 0.2) is 97.3 Å². The Kier molecular flexibility index (Phi) is 6.36. The lowest BCUT2D eigenvalue weighted by Crippen LogP contribution is -1.98. The molecule has 0 spiro atoms. The molecule has 5 rings (SSSR count). The highest BCUT2D eigenvalue weighted by Gasteiger charge is 2.13. The molecule has 5 aromatic rings. The smallest absolute Gasteiger partial charge is 0.180 e. The number of imidazole rings is 1.